The van der Waals surface area contributed by atoms with Crippen LogP contribution in [0.3, 0.4) is 0 Å². The number of amides is 1. The molecule has 0 saturated heterocycles. The number of hydrogen-bond donors (Lipinski definition) is 1. The molecule has 5 nitrogen and oxygen atoms in total. The van der Waals surface area contributed by atoms with Crippen molar-refractivity contribution >= 4 is 17.7 Å². The highest BCUT2D eigenvalue weighted by atomic mass is 32.2. The van der Waals surface area contributed by atoms with Crippen LogP contribution in [0, 0.1) is 0 Å². The number of alkyl halides is 3. The second-order valence-corrected chi connectivity index (χ2v) is 5.22. The summed E-state index contributed by atoms with van der Waals surface area (Å²) in [6.45, 7) is 4.06. The SMILES string of the molecule is CCCNC(=O)C(C)Sc1nnc(C(F)(F)F)n1C. The summed E-state index contributed by atoms with van der Waals surface area (Å²) < 4.78 is 38.4. The second-order valence-electron chi connectivity index (χ2n) is 3.91. The van der Waals surface area contributed by atoms with Crippen LogP contribution in [0.4, 0.5) is 13.2 Å². The second kappa shape index (κ2) is 6.27. The van der Waals surface area contributed by atoms with Crippen molar-refractivity contribution in [2.45, 2.75) is 36.9 Å². The predicted octanol–water partition coefficient (Wildman–Crippen LogP) is 1.84. The van der Waals surface area contributed by atoms with Crippen LogP contribution in [0.15, 0.2) is 5.16 Å². The van der Waals surface area contributed by atoms with Gasteiger partial charge in [-0.15, -0.1) is 10.2 Å². The van der Waals surface area contributed by atoms with Crippen molar-refractivity contribution in [2.24, 2.45) is 7.05 Å². The number of nitrogens with one attached hydrogen (secondary N) is 1. The molecule has 0 aliphatic carbocycles. The molecule has 9 heteroatoms. The minimum Gasteiger partial charge on any atom is -0.355 e. The average Bonchev–Trinajstić information content (AvgIpc) is 2.67. The lowest BCUT2D eigenvalue weighted by atomic mass is 10.4. The summed E-state index contributed by atoms with van der Waals surface area (Å²) in [4.78, 5) is 11.6. The van der Waals surface area contributed by atoms with Crippen LogP contribution in [0.1, 0.15) is 26.1 Å². The van der Waals surface area contributed by atoms with Crippen molar-refractivity contribution in [2.75, 3.05) is 6.54 Å². The highest BCUT2D eigenvalue weighted by Gasteiger charge is 2.37. The van der Waals surface area contributed by atoms with Crippen molar-refractivity contribution in [3.05, 3.63) is 5.82 Å². The molecule has 1 heterocycles. The highest BCUT2D eigenvalue weighted by molar-refractivity contribution is 8.00. The van der Waals surface area contributed by atoms with Gasteiger partial charge in [-0.2, -0.15) is 13.2 Å². The van der Waals surface area contributed by atoms with Gasteiger partial charge < -0.3 is 9.88 Å². The molecule has 1 amide bonds. The fraction of sp³-hybridized carbons (Fsp3) is 0.700. The molecule has 1 rings (SSSR count). The van der Waals surface area contributed by atoms with Gasteiger partial charge in [-0.1, -0.05) is 18.7 Å². The van der Waals surface area contributed by atoms with Crippen molar-refractivity contribution in [3.63, 3.8) is 0 Å². The number of aromatic nitrogens is 3. The van der Waals surface area contributed by atoms with Gasteiger partial charge in [0.1, 0.15) is 0 Å². The summed E-state index contributed by atoms with van der Waals surface area (Å²) in [5.41, 5.74) is 0. The molecule has 108 valence electrons. The van der Waals surface area contributed by atoms with Gasteiger partial charge in [-0.3, -0.25) is 4.79 Å². The Kier molecular flexibility index (Phi) is 5.21. The first kappa shape index (κ1) is 15.8. The molecule has 0 spiro atoms. The molecule has 0 fully saturated rings. The molecule has 0 bridgehead atoms. The zero-order valence-corrected chi connectivity index (χ0v) is 11.6. The van der Waals surface area contributed by atoms with Gasteiger partial charge in [-0.05, 0) is 13.3 Å². The van der Waals surface area contributed by atoms with Crippen LogP contribution in [0.2, 0.25) is 0 Å². The maximum absolute atomic E-state index is 12.5. The third-order valence-corrected chi connectivity index (χ3v) is 3.42. The largest absolute Gasteiger partial charge is 0.451 e. The van der Waals surface area contributed by atoms with E-state index in [0.29, 0.717) is 6.54 Å². The van der Waals surface area contributed by atoms with E-state index in [9.17, 15) is 18.0 Å². The van der Waals surface area contributed by atoms with Gasteiger partial charge in [0.2, 0.25) is 11.7 Å². The fourth-order valence-corrected chi connectivity index (χ4v) is 2.11. The topological polar surface area (TPSA) is 59.8 Å². The summed E-state index contributed by atoms with van der Waals surface area (Å²) in [5.74, 6) is -1.31. The number of rotatable bonds is 5. The zero-order chi connectivity index (χ0) is 14.6. The van der Waals surface area contributed by atoms with E-state index in [1.54, 1.807) is 6.92 Å². The predicted molar refractivity (Wildman–Crippen MR) is 64.6 cm³/mol. The Bertz CT molecular complexity index is 446. The molecule has 0 aliphatic heterocycles. The smallest absolute Gasteiger partial charge is 0.355 e. The van der Waals surface area contributed by atoms with Crippen LogP contribution in [-0.2, 0) is 18.0 Å². The van der Waals surface area contributed by atoms with Gasteiger partial charge >= 0.3 is 6.18 Å². The fourth-order valence-electron chi connectivity index (χ4n) is 1.27. The van der Waals surface area contributed by atoms with E-state index in [1.165, 1.54) is 7.05 Å². The lowest BCUT2D eigenvalue weighted by Gasteiger charge is -2.11. The molecule has 0 aliphatic rings. The van der Waals surface area contributed by atoms with E-state index in [1.807, 2.05) is 6.92 Å². The Balaban J connectivity index is 2.73. The van der Waals surface area contributed by atoms with Crippen LogP contribution in [0.5, 0.6) is 0 Å². The summed E-state index contributed by atoms with van der Waals surface area (Å²) in [6, 6.07) is 0. The summed E-state index contributed by atoms with van der Waals surface area (Å²) in [6.07, 6.45) is -3.75. The summed E-state index contributed by atoms with van der Waals surface area (Å²) >= 11 is 0.943. The Morgan fingerprint density at radius 1 is 1.47 bits per heavy atom. The number of carbonyl (C=O) groups excluding carboxylic acids is 1. The monoisotopic (exact) mass is 296 g/mol. The Hall–Kier alpha value is -1.25. The van der Waals surface area contributed by atoms with E-state index in [4.69, 9.17) is 0 Å². The van der Waals surface area contributed by atoms with Crippen molar-refractivity contribution in [1.29, 1.82) is 0 Å². The minimum absolute atomic E-state index is 0.0615. The zero-order valence-electron chi connectivity index (χ0n) is 10.8. The Labute approximate surface area is 113 Å². The van der Waals surface area contributed by atoms with Gasteiger partial charge in [0.25, 0.3) is 0 Å². The van der Waals surface area contributed by atoms with Crippen molar-refractivity contribution < 1.29 is 18.0 Å². The first-order chi connectivity index (χ1) is 8.77. The van der Waals surface area contributed by atoms with Crippen LogP contribution >= 0.6 is 11.8 Å². The van der Waals surface area contributed by atoms with Crippen molar-refractivity contribution in [1.82, 2.24) is 20.1 Å². The maximum atomic E-state index is 12.5. The van der Waals surface area contributed by atoms with E-state index in [0.717, 1.165) is 22.7 Å². The maximum Gasteiger partial charge on any atom is 0.451 e. The first-order valence-corrected chi connectivity index (χ1v) is 6.56. The van der Waals surface area contributed by atoms with E-state index < -0.39 is 17.3 Å². The Morgan fingerprint density at radius 3 is 2.58 bits per heavy atom. The van der Waals surface area contributed by atoms with Gasteiger partial charge in [0.15, 0.2) is 5.16 Å². The molecule has 0 saturated carbocycles. The third kappa shape index (κ3) is 4.12. The minimum atomic E-state index is -4.55. The standard InChI is InChI=1S/C10H15F3N4OS/c1-4-5-14-7(18)6(2)19-9-16-15-8(17(9)3)10(11,12)13/h6H,4-5H2,1-3H3,(H,14,18). The molecular weight excluding hydrogens is 281 g/mol. The van der Waals surface area contributed by atoms with E-state index in [-0.39, 0.29) is 11.1 Å². The number of carbonyl (C=O) groups is 1. The lowest BCUT2D eigenvalue weighted by Crippen LogP contribution is -2.31. The molecule has 0 radical (unpaired) electrons. The number of hydrogen-bond acceptors (Lipinski definition) is 4. The van der Waals surface area contributed by atoms with Gasteiger partial charge in [0, 0.05) is 13.6 Å². The van der Waals surface area contributed by atoms with E-state index >= 15 is 0 Å². The van der Waals surface area contributed by atoms with Gasteiger partial charge in [0.05, 0.1) is 5.25 Å². The molecule has 1 atom stereocenters. The first-order valence-electron chi connectivity index (χ1n) is 5.68. The molecule has 19 heavy (non-hydrogen) atoms. The summed E-state index contributed by atoms with van der Waals surface area (Å²) in [7, 11) is 1.22. The molecule has 1 aromatic heterocycles. The molecule has 1 aromatic rings. The highest BCUT2D eigenvalue weighted by Crippen LogP contribution is 2.30. The van der Waals surface area contributed by atoms with Crippen molar-refractivity contribution in [3.8, 4) is 0 Å². The molecule has 0 aromatic carbocycles. The molecule has 1 N–H and O–H groups in total. The van der Waals surface area contributed by atoms with Crippen LogP contribution in [-0.4, -0.2) is 32.5 Å². The average molecular weight is 296 g/mol. The number of thioether (sulfide) groups is 1. The lowest BCUT2D eigenvalue weighted by molar-refractivity contribution is -0.147. The molecular formula is C10H15F3N4OS. The van der Waals surface area contributed by atoms with Gasteiger partial charge in [-0.25, -0.2) is 0 Å². The summed E-state index contributed by atoms with van der Waals surface area (Å²) in [5, 5.41) is 8.76. The van der Waals surface area contributed by atoms with E-state index in [2.05, 4.69) is 15.5 Å². The number of nitrogens with zero attached hydrogens (tertiary/aromatic N) is 3. The normalized spacial score (nSPS) is 13.4. The van der Waals surface area contributed by atoms with Crippen LogP contribution < -0.4 is 5.32 Å². The number of halogens is 3. The Morgan fingerprint density at radius 2 is 2.11 bits per heavy atom. The third-order valence-electron chi connectivity index (χ3n) is 2.29. The quantitative estimate of drug-likeness (QED) is 0.842. The van der Waals surface area contributed by atoms with Crippen LogP contribution in [0.25, 0.3) is 0 Å². The molecule has 1 unspecified atom stereocenters.